The minimum Gasteiger partial charge on any atom is -0.365 e. The highest BCUT2D eigenvalue weighted by atomic mass is 16.5. The van der Waals surface area contributed by atoms with Crippen molar-refractivity contribution in [2.24, 2.45) is 5.92 Å². The van der Waals surface area contributed by atoms with Crippen molar-refractivity contribution >= 4 is 5.91 Å². The lowest BCUT2D eigenvalue weighted by atomic mass is 10.1. The van der Waals surface area contributed by atoms with E-state index in [1.807, 2.05) is 10.7 Å². The fourth-order valence-electron chi connectivity index (χ4n) is 2.87. The summed E-state index contributed by atoms with van der Waals surface area (Å²) >= 11 is 0. The third kappa shape index (κ3) is 3.15. The van der Waals surface area contributed by atoms with E-state index < -0.39 is 0 Å². The van der Waals surface area contributed by atoms with Crippen LogP contribution < -0.4 is 5.32 Å². The Labute approximate surface area is 135 Å². The van der Waals surface area contributed by atoms with E-state index in [1.165, 1.54) is 18.4 Å². The number of carbonyl (C=O) groups is 1. The van der Waals surface area contributed by atoms with Gasteiger partial charge in [0, 0.05) is 6.54 Å². The molecule has 1 saturated carbocycles. The lowest BCUT2D eigenvalue weighted by molar-refractivity contribution is -0.00120. The highest BCUT2D eigenvalue weighted by Gasteiger charge is 2.25. The Balaban J connectivity index is 1.46. The van der Waals surface area contributed by atoms with Crippen LogP contribution >= 0.6 is 0 Å². The molecule has 2 heterocycles. The minimum atomic E-state index is -0.0781. The zero-order valence-electron chi connectivity index (χ0n) is 13.3. The van der Waals surface area contributed by atoms with Gasteiger partial charge in [-0.25, -0.2) is 0 Å². The van der Waals surface area contributed by atoms with Gasteiger partial charge in [0.15, 0.2) is 5.69 Å². The van der Waals surface area contributed by atoms with Gasteiger partial charge in [-0.3, -0.25) is 9.48 Å². The third-order valence-electron chi connectivity index (χ3n) is 4.56. The number of hydrogen-bond donors (Lipinski definition) is 1. The second-order valence-electron chi connectivity index (χ2n) is 6.57. The predicted molar refractivity (Wildman–Crippen MR) is 86.0 cm³/mol. The Morgan fingerprint density at radius 3 is 2.87 bits per heavy atom. The number of fused-ring (bicyclic) bond motifs is 1. The van der Waals surface area contributed by atoms with Gasteiger partial charge in [-0.2, -0.15) is 5.10 Å². The van der Waals surface area contributed by atoms with Gasteiger partial charge in [-0.1, -0.05) is 29.8 Å². The van der Waals surface area contributed by atoms with Crippen molar-refractivity contribution in [3.8, 4) is 0 Å². The number of aromatic nitrogens is 2. The summed E-state index contributed by atoms with van der Waals surface area (Å²) < 4.78 is 7.84. The predicted octanol–water partition coefficient (Wildman–Crippen LogP) is 2.60. The van der Waals surface area contributed by atoms with E-state index in [9.17, 15) is 4.79 Å². The van der Waals surface area contributed by atoms with Crippen LogP contribution in [0.25, 0.3) is 0 Å². The quantitative estimate of drug-likeness (QED) is 0.944. The van der Waals surface area contributed by atoms with Crippen LogP contribution in [0.2, 0.25) is 0 Å². The molecule has 0 spiro atoms. The molecule has 1 aliphatic carbocycles. The third-order valence-corrected chi connectivity index (χ3v) is 4.56. The SMILES string of the molecule is Cc1ccc([C@H]2Cn3nc(C(=O)NCC4CC4)cc3CO2)cc1. The second-order valence-corrected chi connectivity index (χ2v) is 6.57. The van der Waals surface area contributed by atoms with Crippen molar-refractivity contribution in [2.75, 3.05) is 6.54 Å². The fraction of sp³-hybridized carbons (Fsp3) is 0.444. The summed E-state index contributed by atoms with van der Waals surface area (Å²) in [4.78, 5) is 12.2. The molecule has 1 aromatic carbocycles. The molecule has 0 radical (unpaired) electrons. The van der Waals surface area contributed by atoms with Crippen molar-refractivity contribution in [1.82, 2.24) is 15.1 Å². The Bertz CT molecular complexity index is 716. The number of rotatable bonds is 4. The van der Waals surface area contributed by atoms with Crippen LogP contribution in [0.15, 0.2) is 30.3 Å². The second kappa shape index (κ2) is 5.81. The minimum absolute atomic E-state index is 0.00891. The molecule has 0 bridgehead atoms. The molecule has 1 atom stereocenters. The highest BCUT2D eigenvalue weighted by Crippen LogP contribution is 2.28. The van der Waals surface area contributed by atoms with Gasteiger partial charge in [0.2, 0.25) is 0 Å². The Kier molecular flexibility index (Phi) is 3.65. The molecule has 23 heavy (non-hydrogen) atoms. The maximum Gasteiger partial charge on any atom is 0.271 e. The number of nitrogens with one attached hydrogen (secondary N) is 1. The van der Waals surface area contributed by atoms with E-state index in [4.69, 9.17) is 4.74 Å². The maximum atomic E-state index is 12.2. The van der Waals surface area contributed by atoms with Crippen LogP contribution in [0.3, 0.4) is 0 Å². The zero-order chi connectivity index (χ0) is 15.8. The van der Waals surface area contributed by atoms with Crippen molar-refractivity contribution < 1.29 is 9.53 Å². The summed E-state index contributed by atoms with van der Waals surface area (Å²) in [5.41, 5.74) is 3.84. The smallest absolute Gasteiger partial charge is 0.271 e. The van der Waals surface area contributed by atoms with E-state index in [0.717, 1.165) is 17.8 Å². The summed E-state index contributed by atoms with van der Waals surface area (Å²) in [5.74, 6) is 0.594. The maximum absolute atomic E-state index is 12.2. The first-order valence-corrected chi connectivity index (χ1v) is 8.22. The van der Waals surface area contributed by atoms with Gasteiger partial charge < -0.3 is 10.1 Å². The fourth-order valence-corrected chi connectivity index (χ4v) is 2.87. The number of hydrogen-bond acceptors (Lipinski definition) is 3. The summed E-state index contributed by atoms with van der Waals surface area (Å²) in [7, 11) is 0. The molecule has 1 aromatic heterocycles. The first kappa shape index (κ1) is 14.5. The van der Waals surface area contributed by atoms with Gasteiger partial charge in [-0.15, -0.1) is 0 Å². The molecule has 5 heteroatoms. The van der Waals surface area contributed by atoms with E-state index in [1.54, 1.807) is 0 Å². The molecule has 1 aliphatic heterocycles. The average molecular weight is 311 g/mol. The number of nitrogens with zero attached hydrogens (tertiary/aromatic N) is 2. The van der Waals surface area contributed by atoms with Crippen molar-refractivity contribution in [1.29, 1.82) is 0 Å². The highest BCUT2D eigenvalue weighted by molar-refractivity contribution is 5.92. The molecule has 0 unspecified atom stereocenters. The molecule has 1 amide bonds. The zero-order valence-corrected chi connectivity index (χ0v) is 13.3. The van der Waals surface area contributed by atoms with Gasteiger partial charge >= 0.3 is 0 Å². The molecule has 2 aliphatic rings. The van der Waals surface area contributed by atoms with E-state index >= 15 is 0 Å². The molecular formula is C18H21N3O2. The molecule has 0 saturated heterocycles. The average Bonchev–Trinajstić information content (AvgIpc) is 3.29. The van der Waals surface area contributed by atoms with Crippen molar-refractivity contribution in [2.45, 2.75) is 39.0 Å². The molecule has 4 rings (SSSR count). The van der Waals surface area contributed by atoms with Gasteiger partial charge in [0.1, 0.15) is 6.10 Å². The topological polar surface area (TPSA) is 56.2 Å². The van der Waals surface area contributed by atoms with Crippen LogP contribution in [0.1, 0.15) is 46.3 Å². The Morgan fingerprint density at radius 1 is 1.35 bits per heavy atom. The number of ether oxygens (including phenoxy) is 1. The van der Waals surface area contributed by atoms with Crippen LogP contribution in [0.5, 0.6) is 0 Å². The molecule has 2 aromatic rings. The monoisotopic (exact) mass is 311 g/mol. The standard InChI is InChI=1S/C18H21N3O2/c1-12-2-6-14(7-3-12)17-10-21-15(11-23-17)8-16(20-21)18(22)19-9-13-4-5-13/h2-3,6-8,13,17H,4-5,9-11H2,1H3,(H,19,22)/t17-/m1/s1. The van der Waals surface area contributed by atoms with Crippen LogP contribution in [0.4, 0.5) is 0 Å². The Morgan fingerprint density at radius 2 is 2.13 bits per heavy atom. The van der Waals surface area contributed by atoms with Crippen LogP contribution in [0, 0.1) is 12.8 Å². The van der Waals surface area contributed by atoms with E-state index in [2.05, 4.69) is 41.6 Å². The first-order chi connectivity index (χ1) is 11.2. The molecule has 5 nitrogen and oxygen atoms in total. The molecular weight excluding hydrogens is 290 g/mol. The summed E-state index contributed by atoms with van der Waals surface area (Å²) in [6.45, 7) is 3.98. The largest absolute Gasteiger partial charge is 0.365 e. The summed E-state index contributed by atoms with van der Waals surface area (Å²) in [5, 5.41) is 7.43. The van der Waals surface area contributed by atoms with Gasteiger partial charge in [0.05, 0.1) is 18.8 Å². The lowest BCUT2D eigenvalue weighted by Gasteiger charge is -2.24. The normalized spacial score (nSPS) is 20.1. The van der Waals surface area contributed by atoms with Crippen molar-refractivity contribution in [3.05, 3.63) is 52.8 Å². The van der Waals surface area contributed by atoms with Gasteiger partial charge in [0.25, 0.3) is 5.91 Å². The van der Waals surface area contributed by atoms with Gasteiger partial charge in [-0.05, 0) is 37.3 Å². The van der Waals surface area contributed by atoms with E-state index in [0.29, 0.717) is 24.8 Å². The number of carbonyl (C=O) groups excluding carboxylic acids is 1. The van der Waals surface area contributed by atoms with Crippen molar-refractivity contribution in [3.63, 3.8) is 0 Å². The first-order valence-electron chi connectivity index (χ1n) is 8.22. The van der Waals surface area contributed by atoms with E-state index in [-0.39, 0.29) is 12.0 Å². The molecule has 120 valence electrons. The van der Waals surface area contributed by atoms with Crippen LogP contribution in [-0.4, -0.2) is 22.2 Å². The Hall–Kier alpha value is -2.14. The number of amides is 1. The summed E-state index contributed by atoms with van der Waals surface area (Å²) in [6.07, 6.45) is 2.45. The lowest BCUT2D eigenvalue weighted by Crippen LogP contribution is -2.26. The summed E-state index contributed by atoms with van der Waals surface area (Å²) in [6, 6.07) is 10.2. The number of aryl methyl sites for hydroxylation is 1. The number of benzene rings is 1. The molecule has 1 N–H and O–H groups in total. The molecule has 1 fully saturated rings. The van der Waals surface area contributed by atoms with Crippen LogP contribution in [-0.2, 0) is 17.9 Å².